The Morgan fingerprint density at radius 1 is 1.46 bits per heavy atom. The molecule has 74 valence electrons. The molecule has 0 aliphatic heterocycles. The van der Waals surface area contributed by atoms with Crippen molar-refractivity contribution < 1.29 is 4.52 Å². The van der Waals surface area contributed by atoms with E-state index in [0.29, 0.717) is 5.92 Å². The monoisotopic (exact) mass is 183 g/mol. The molecule has 0 amide bonds. The third-order valence-corrected chi connectivity index (χ3v) is 1.92. The van der Waals surface area contributed by atoms with Crippen LogP contribution < -0.4 is 5.32 Å². The molecular formula is C9H17N3O. The summed E-state index contributed by atoms with van der Waals surface area (Å²) in [4.78, 5) is 4.26. The summed E-state index contributed by atoms with van der Waals surface area (Å²) >= 11 is 0. The van der Waals surface area contributed by atoms with Crippen LogP contribution in [0.5, 0.6) is 0 Å². The molecule has 0 radical (unpaired) electrons. The highest BCUT2D eigenvalue weighted by Crippen LogP contribution is 2.11. The Morgan fingerprint density at radius 2 is 2.23 bits per heavy atom. The minimum absolute atomic E-state index is 0.299. The molecule has 4 heteroatoms. The van der Waals surface area contributed by atoms with E-state index in [1.54, 1.807) is 0 Å². The molecule has 0 spiro atoms. The normalized spacial score (nSPS) is 13.2. The van der Waals surface area contributed by atoms with Gasteiger partial charge in [0.25, 0.3) is 0 Å². The van der Waals surface area contributed by atoms with Gasteiger partial charge in [-0.05, 0) is 6.54 Å². The number of likely N-dealkylation sites (N-methyl/N-ethyl adjacent to an activating group) is 1. The van der Waals surface area contributed by atoms with Crippen LogP contribution in [0.3, 0.4) is 0 Å². The Labute approximate surface area is 78.7 Å². The molecule has 1 rings (SSSR count). The predicted molar refractivity (Wildman–Crippen MR) is 50.6 cm³/mol. The van der Waals surface area contributed by atoms with E-state index in [2.05, 4.69) is 29.3 Å². The van der Waals surface area contributed by atoms with Crippen molar-refractivity contribution in [3.05, 3.63) is 11.7 Å². The summed E-state index contributed by atoms with van der Waals surface area (Å²) < 4.78 is 5.11. The van der Waals surface area contributed by atoms with Crippen LogP contribution in [0.2, 0.25) is 0 Å². The summed E-state index contributed by atoms with van der Waals surface area (Å²) in [5.74, 6) is 1.82. The van der Waals surface area contributed by atoms with Gasteiger partial charge in [0.15, 0.2) is 5.82 Å². The van der Waals surface area contributed by atoms with E-state index in [9.17, 15) is 0 Å². The van der Waals surface area contributed by atoms with Crippen molar-refractivity contribution in [1.82, 2.24) is 15.5 Å². The van der Waals surface area contributed by atoms with Crippen molar-refractivity contribution >= 4 is 0 Å². The first kappa shape index (κ1) is 10.2. The van der Waals surface area contributed by atoms with Gasteiger partial charge in [0.2, 0.25) is 5.89 Å². The van der Waals surface area contributed by atoms with Crippen molar-refractivity contribution in [3.8, 4) is 0 Å². The molecule has 1 heterocycles. The summed E-state index contributed by atoms with van der Waals surface area (Å²) in [6.45, 7) is 8.04. The molecule has 0 aliphatic rings. The number of hydrogen-bond acceptors (Lipinski definition) is 4. The average molecular weight is 183 g/mol. The molecule has 1 aromatic rings. The number of nitrogens with zero attached hydrogens (tertiary/aromatic N) is 2. The smallest absolute Gasteiger partial charge is 0.230 e. The van der Waals surface area contributed by atoms with E-state index in [-0.39, 0.29) is 0 Å². The molecule has 13 heavy (non-hydrogen) atoms. The standard InChI is InChI=1S/C9H17N3O/c1-4-8-11-9(13-12-8)7(3)6-10-5-2/h7,10H,4-6H2,1-3H3. The summed E-state index contributed by atoms with van der Waals surface area (Å²) in [5, 5.41) is 7.10. The van der Waals surface area contributed by atoms with Gasteiger partial charge >= 0.3 is 0 Å². The van der Waals surface area contributed by atoms with Crippen LogP contribution in [0.4, 0.5) is 0 Å². The zero-order chi connectivity index (χ0) is 9.68. The predicted octanol–water partition coefficient (Wildman–Crippen LogP) is 1.34. The van der Waals surface area contributed by atoms with Crippen molar-refractivity contribution in [1.29, 1.82) is 0 Å². The van der Waals surface area contributed by atoms with E-state index >= 15 is 0 Å². The summed E-state index contributed by atoms with van der Waals surface area (Å²) in [7, 11) is 0. The Balaban J connectivity index is 2.50. The maximum absolute atomic E-state index is 5.11. The summed E-state index contributed by atoms with van der Waals surface area (Å²) in [5.41, 5.74) is 0. The minimum atomic E-state index is 0.299. The molecule has 0 saturated heterocycles. The summed E-state index contributed by atoms with van der Waals surface area (Å²) in [6, 6.07) is 0. The molecule has 1 N–H and O–H groups in total. The zero-order valence-corrected chi connectivity index (χ0v) is 8.50. The second-order valence-corrected chi connectivity index (χ2v) is 3.11. The van der Waals surface area contributed by atoms with Gasteiger partial charge in [0, 0.05) is 18.9 Å². The number of rotatable bonds is 5. The van der Waals surface area contributed by atoms with E-state index in [1.165, 1.54) is 0 Å². The number of aryl methyl sites for hydroxylation is 1. The van der Waals surface area contributed by atoms with Crippen molar-refractivity contribution in [2.24, 2.45) is 0 Å². The first-order valence-corrected chi connectivity index (χ1v) is 4.81. The lowest BCUT2D eigenvalue weighted by atomic mass is 10.2. The van der Waals surface area contributed by atoms with Crippen molar-refractivity contribution in [2.75, 3.05) is 13.1 Å². The first-order chi connectivity index (χ1) is 6.27. The Hall–Kier alpha value is -0.900. The van der Waals surface area contributed by atoms with Crippen molar-refractivity contribution in [3.63, 3.8) is 0 Å². The Morgan fingerprint density at radius 3 is 2.77 bits per heavy atom. The van der Waals surface area contributed by atoms with Crippen LogP contribution in [0.1, 0.15) is 38.4 Å². The molecule has 0 aliphatic carbocycles. The number of nitrogens with one attached hydrogen (secondary N) is 1. The maximum Gasteiger partial charge on any atom is 0.230 e. The average Bonchev–Trinajstić information content (AvgIpc) is 2.62. The van der Waals surface area contributed by atoms with Crippen LogP contribution in [0.15, 0.2) is 4.52 Å². The fraction of sp³-hybridized carbons (Fsp3) is 0.778. The molecule has 4 nitrogen and oxygen atoms in total. The second-order valence-electron chi connectivity index (χ2n) is 3.11. The zero-order valence-electron chi connectivity index (χ0n) is 8.50. The molecule has 0 bridgehead atoms. The fourth-order valence-corrected chi connectivity index (χ4v) is 1.06. The highest BCUT2D eigenvalue weighted by molar-refractivity contribution is 4.92. The van der Waals surface area contributed by atoms with Gasteiger partial charge in [-0.15, -0.1) is 0 Å². The molecule has 0 aromatic carbocycles. The van der Waals surface area contributed by atoms with E-state index < -0.39 is 0 Å². The Bertz CT molecular complexity index is 247. The lowest BCUT2D eigenvalue weighted by Crippen LogP contribution is -2.19. The fourth-order valence-electron chi connectivity index (χ4n) is 1.06. The van der Waals surface area contributed by atoms with Gasteiger partial charge in [-0.3, -0.25) is 0 Å². The second kappa shape index (κ2) is 4.97. The van der Waals surface area contributed by atoms with Gasteiger partial charge in [-0.2, -0.15) is 4.98 Å². The number of aromatic nitrogens is 2. The van der Waals surface area contributed by atoms with Gasteiger partial charge in [0.05, 0.1) is 0 Å². The molecule has 1 atom stereocenters. The van der Waals surface area contributed by atoms with Gasteiger partial charge < -0.3 is 9.84 Å². The molecule has 1 unspecified atom stereocenters. The highest BCUT2D eigenvalue weighted by Gasteiger charge is 2.12. The van der Waals surface area contributed by atoms with Gasteiger partial charge in [-0.25, -0.2) is 0 Å². The topological polar surface area (TPSA) is 51.0 Å². The van der Waals surface area contributed by atoms with Crippen LogP contribution in [-0.2, 0) is 6.42 Å². The van der Waals surface area contributed by atoms with Crippen LogP contribution in [0, 0.1) is 0 Å². The summed E-state index contributed by atoms with van der Waals surface area (Å²) in [6.07, 6.45) is 0.831. The third kappa shape index (κ3) is 2.81. The lowest BCUT2D eigenvalue weighted by molar-refractivity contribution is 0.351. The van der Waals surface area contributed by atoms with E-state index in [0.717, 1.165) is 31.2 Å². The van der Waals surface area contributed by atoms with Crippen LogP contribution in [0.25, 0.3) is 0 Å². The highest BCUT2D eigenvalue weighted by atomic mass is 16.5. The number of hydrogen-bond donors (Lipinski definition) is 1. The van der Waals surface area contributed by atoms with Crippen LogP contribution in [-0.4, -0.2) is 23.2 Å². The van der Waals surface area contributed by atoms with E-state index in [4.69, 9.17) is 4.52 Å². The van der Waals surface area contributed by atoms with Crippen molar-refractivity contribution in [2.45, 2.75) is 33.1 Å². The minimum Gasteiger partial charge on any atom is -0.339 e. The van der Waals surface area contributed by atoms with Gasteiger partial charge in [-0.1, -0.05) is 25.9 Å². The van der Waals surface area contributed by atoms with Gasteiger partial charge in [0.1, 0.15) is 0 Å². The molecular weight excluding hydrogens is 166 g/mol. The van der Waals surface area contributed by atoms with E-state index in [1.807, 2.05) is 6.92 Å². The largest absolute Gasteiger partial charge is 0.339 e. The van der Waals surface area contributed by atoms with Crippen LogP contribution >= 0.6 is 0 Å². The Kier molecular flexibility index (Phi) is 3.89. The SMILES string of the molecule is CCNCC(C)c1nc(CC)no1. The molecule has 1 aromatic heterocycles. The first-order valence-electron chi connectivity index (χ1n) is 4.81. The lowest BCUT2D eigenvalue weighted by Gasteiger charge is -2.05. The molecule has 0 fully saturated rings. The maximum atomic E-state index is 5.11. The quantitative estimate of drug-likeness (QED) is 0.748. The third-order valence-electron chi connectivity index (χ3n) is 1.92. The molecule has 0 saturated carbocycles.